The summed E-state index contributed by atoms with van der Waals surface area (Å²) in [5.74, 6) is -0.240. The topological polar surface area (TPSA) is 51.2 Å². The van der Waals surface area contributed by atoms with E-state index in [4.69, 9.17) is 16.3 Å². The molecule has 0 aromatic carbocycles. The van der Waals surface area contributed by atoms with Crippen LogP contribution in [-0.4, -0.2) is 29.6 Å². The van der Waals surface area contributed by atoms with Crippen LogP contribution in [0, 0.1) is 0 Å². The van der Waals surface area contributed by atoms with Crippen molar-refractivity contribution in [1.82, 2.24) is 10.3 Å². The number of carbonyl (C=O) groups is 1. The SMILES string of the molecule is CCOC(C)(C)CNC(=O)c1cnccc1Cl. The van der Waals surface area contributed by atoms with E-state index in [9.17, 15) is 4.79 Å². The summed E-state index contributed by atoms with van der Waals surface area (Å²) in [6.07, 6.45) is 2.99. The molecule has 0 bridgehead atoms. The number of hydrogen-bond acceptors (Lipinski definition) is 3. The molecule has 17 heavy (non-hydrogen) atoms. The minimum absolute atomic E-state index is 0.240. The molecule has 1 aromatic rings. The first-order valence-electron chi connectivity index (χ1n) is 5.48. The summed E-state index contributed by atoms with van der Waals surface area (Å²) >= 11 is 5.90. The van der Waals surface area contributed by atoms with Crippen molar-refractivity contribution in [3.63, 3.8) is 0 Å². The number of nitrogens with one attached hydrogen (secondary N) is 1. The van der Waals surface area contributed by atoms with Crippen LogP contribution in [0.4, 0.5) is 0 Å². The smallest absolute Gasteiger partial charge is 0.254 e. The molecule has 0 aliphatic heterocycles. The van der Waals surface area contributed by atoms with E-state index in [1.807, 2.05) is 20.8 Å². The zero-order chi connectivity index (χ0) is 12.9. The van der Waals surface area contributed by atoms with Gasteiger partial charge >= 0.3 is 0 Å². The Bertz CT molecular complexity index is 394. The van der Waals surface area contributed by atoms with E-state index < -0.39 is 0 Å². The van der Waals surface area contributed by atoms with Gasteiger partial charge in [-0.1, -0.05) is 11.6 Å². The fourth-order valence-electron chi connectivity index (χ4n) is 1.37. The molecular weight excluding hydrogens is 240 g/mol. The van der Waals surface area contributed by atoms with Gasteiger partial charge in [0, 0.05) is 25.5 Å². The number of hydrogen-bond donors (Lipinski definition) is 1. The van der Waals surface area contributed by atoms with Gasteiger partial charge in [0.1, 0.15) is 0 Å². The summed E-state index contributed by atoms with van der Waals surface area (Å²) in [7, 11) is 0. The van der Waals surface area contributed by atoms with Gasteiger partial charge in [0.05, 0.1) is 16.2 Å². The van der Waals surface area contributed by atoms with Crippen LogP contribution in [-0.2, 0) is 4.74 Å². The van der Waals surface area contributed by atoms with E-state index in [1.54, 1.807) is 12.3 Å². The number of carbonyl (C=O) groups excluding carboxylic acids is 1. The Morgan fingerprint density at radius 3 is 2.88 bits per heavy atom. The second-order valence-electron chi connectivity index (χ2n) is 4.23. The summed E-state index contributed by atoms with van der Waals surface area (Å²) in [6, 6.07) is 1.59. The number of pyridine rings is 1. The van der Waals surface area contributed by atoms with Crippen LogP contribution in [0.25, 0.3) is 0 Å². The summed E-state index contributed by atoms with van der Waals surface area (Å²) in [5.41, 5.74) is -0.0134. The largest absolute Gasteiger partial charge is 0.374 e. The summed E-state index contributed by atoms with van der Waals surface area (Å²) < 4.78 is 5.48. The molecule has 5 heteroatoms. The zero-order valence-corrected chi connectivity index (χ0v) is 11.0. The predicted octanol–water partition coefficient (Wildman–Crippen LogP) is 2.28. The molecule has 0 aliphatic rings. The molecule has 0 saturated heterocycles. The van der Waals surface area contributed by atoms with Crippen molar-refractivity contribution >= 4 is 17.5 Å². The number of nitrogens with zero attached hydrogens (tertiary/aromatic N) is 1. The first-order chi connectivity index (χ1) is 7.96. The second-order valence-corrected chi connectivity index (χ2v) is 4.64. The summed E-state index contributed by atoms with van der Waals surface area (Å²) in [4.78, 5) is 15.7. The number of amides is 1. The minimum atomic E-state index is -0.390. The highest BCUT2D eigenvalue weighted by Crippen LogP contribution is 2.14. The molecule has 0 unspecified atom stereocenters. The molecule has 0 fully saturated rings. The van der Waals surface area contributed by atoms with Crippen LogP contribution >= 0.6 is 11.6 Å². The van der Waals surface area contributed by atoms with Crippen molar-refractivity contribution < 1.29 is 9.53 Å². The minimum Gasteiger partial charge on any atom is -0.374 e. The van der Waals surface area contributed by atoms with E-state index in [1.165, 1.54) is 6.20 Å². The lowest BCUT2D eigenvalue weighted by Gasteiger charge is -2.24. The molecule has 4 nitrogen and oxygen atoms in total. The molecule has 1 amide bonds. The fourth-order valence-corrected chi connectivity index (χ4v) is 1.57. The second kappa shape index (κ2) is 5.98. The Balaban J connectivity index is 2.59. The molecule has 0 aliphatic carbocycles. The molecule has 1 aromatic heterocycles. The quantitative estimate of drug-likeness (QED) is 0.879. The van der Waals surface area contributed by atoms with Crippen LogP contribution in [0.15, 0.2) is 18.5 Å². The van der Waals surface area contributed by atoms with Crippen LogP contribution in [0.1, 0.15) is 31.1 Å². The molecule has 1 rings (SSSR count). The van der Waals surface area contributed by atoms with Gasteiger partial charge in [-0.2, -0.15) is 0 Å². The third-order valence-corrected chi connectivity index (χ3v) is 2.55. The van der Waals surface area contributed by atoms with Crippen molar-refractivity contribution in [2.45, 2.75) is 26.4 Å². The van der Waals surface area contributed by atoms with Crippen LogP contribution in [0.2, 0.25) is 5.02 Å². The van der Waals surface area contributed by atoms with E-state index in [0.717, 1.165) is 0 Å². The maximum Gasteiger partial charge on any atom is 0.254 e. The van der Waals surface area contributed by atoms with Crippen LogP contribution < -0.4 is 5.32 Å². The maximum atomic E-state index is 11.8. The van der Waals surface area contributed by atoms with Crippen molar-refractivity contribution in [2.75, 3.05) is 13.2 Å². The highest BCUT2D eigenvalue weighted by atomic mass is 35.5. The third-order valence-electron chi connectivity index (χ3n) is 2.22. The third kappa shape index (κ3) is 4.32. The molecule has 0 saturated carbocycles. The van der Waals surface area contributed by atoms with Crippen molar-refractivity contribution in [2.24, 2.45) is 0 Å². The Morgan fingerprint density at radius 2 is 2.29 bits per heavy atom. The van der Waals surface area contributed by atoms with Gasteiger partial charge in [0.15, 0.2) is 0 Å². The molecular formula is C12H17ClN2O2. The van der Waals surface area contributed by atoms with Crippen molar-refractivity contribution in [3.05, 3.63) is 29.0 Å². The van der Waals surface area contributed by atoms with Crippen LogP contribution in [0.5, 0.6) is 0 Å². The van der Waals surface area contributed by atoms with Gasteiger partial charge in [0.25, 0.3) is 5.91 Å². The lowest BCUT2D eigenvalue weighted by molar-refractivity contribution is -0.00815. The monoisotopic (exact) mass is 256 g/mol. The zero-order valence-electron chi connectivity index (χ0n) is 10.3. The first kappa shape index (κ1) is 13.9. The summed E-state index contributed by atoms with van der Waals surface area (Å²) in [5, 5.41) is 3.17. The number of halogens is 1. The Hall–Kier alpha value is -1.13. The van der Waals surface area contributed by atoms with Crippen molar-refractivity contribution in [3.8, 4) is 0 Å². The first-order valence-corrected chi connectivity index (χ1v) is 5.86. The number of rotatable bonds is 5. The maximum absolute atomic E-state index is 11.8. The molecule has 1 N–H and O–H groups in total. The Kier molecular flexibility index (Phi) is 4.90. The lowest BCUT2D eigenvalue weighted by atomic mass is 10.1. The normalized spacial score (nSPS) is 11.3. The standard InChI is InChI=1S/C12H17ClN2O2/c1-4-17-12(2,3)8-15-11(16)9-7-14-6-5-10(9)13/h5-7H,4,8H2,1-3H3,(H,15,16). The average Bonchev–Trinajstić information content (AvgIpc) is 2.27. The van der Waals surface area contributed by atoms with Gasteiger partial charge in [-0.3, -0.25) is 9.78 Å². The number of ether oxygens (including phenoxy) is 1. The molecule has 0 spiro atoms. The molecule has 0 atom stereocenters. The Morgan fingerprint density at radius 1 is 1.59 bits per heavy atom. The van der Waals surface area contributed by atoms with E-state index in [2.05, 4.69) is 10.3 Å². The van der Waals surface area contributed by atoms with Gasteiger partial charge in [-0.05, 0) is 26.8 Å². The average molecular weight is 257 g/mol. The summed E-state index contributed by atoms with van der Waals surface area (Å²) in [6.45, 7) is 6.78. The van der Waals surface area contributed by atoms with Gasteiger partial charge < -0.3 is 10.1 Å². The molecule has 1 heterocycles. The Labute approximate surface area is 106 Å². The molecule has 0 radical (unpaired) electrons. The molecule has 94 valence electrons. The fraction of sp³-hybridized carbons (Fsp3) is 0.500. The van der Waals surface area contributed by atoms with Crippen molar-refractivity contribution in [1.29, 1.82) is 0 Å². The number of aromatic nitrogens is 1. The van der Waals surface area contributed by atoms with Gasteiger partial charge in [-0.25, -0.2) is 0 Å². The van der Waals surface area contributed by atoms with Gasteiger partial charge in [0.2, 0.25) is 0 Å². The van der Waals surface area contributed by atoms with E-state index in [0.29, 0.717) is 23.7 Å². The lowest BCUT2D eigenvalue weighted by Crippen LogP contribution is -2.40. The highest BCUT2D eigenvalue weighted by Gasteiger charge is 2.19. The van der Waals surface area contributed by atoms with Crippen LogP contribution in [0.3, 0.4) is 0 Å². The van der Waals surface area contributed by atoms with E-state index >= 15 is 0 Å². The highest BCUT2D eigenvalue weighted by molar-refractivity contribution is 6.33. The predicted molar refractivity (Wildman–Crippen MR) is 67.3 cm³/mol. The van der Waals surface area contributed by atoms with Gasteiger partial charge in [-0.15, -0.1) is 0 Å². The van der Waals surface area contributed by atoms with E-state index in [-0.39, 0.29) is 11.5 Å².